The van der Waals surface area contributed by atoms with Crippen LogP contribution >= 0.6 is 11.8 Å². The first kappa shape index (κ1) is 13.9. The lowest BCUT2D eigenvalue weighted by Gasteiger charge is -2.24. The summed E-state index contributed by atoms with van der Waals surface area (Å²) in [6.07, 6.45) is 1.09. The average Bonchev–Trinajstić information content (AvgIpc) is 3.01. The number of fused-ring (bicyclic) bond motifs is 1. The summed E-state index contributed by atoms with van der Waals surface area (Å²) in [5, 5.41) is 10.3. The number of esters is 1. The predicted octanol–water partition coefficient (Wildman–Crippen LogP) is 1.31. The molecular formula is C15H19NO3S. The second kappa shape index (κ2) is 5.76. The Balaban J connectivity index is 1.65. The zero-order valence-corrected chi connectivity index (χ0v) is 12.3. The van der Waals surface area contributed by atoms with Crippen molar-refractivity contribution in [1.82, 2.24) is 4.90 Å². The molecule has 1 aromatic rings. The number of aliphatic hydroxyl groups is 1. The molecule has 1 fully saturated rings. The van der Waals surface area contributed by atoms with Gasteiger partial charge in [-0.25, -0.2) is 0 Å². The van der Waals surface area contributed by atoms with Crippen LogP contribution in [-0.2, 0) is 16.0 Å². The number of benzene rings is 1. The van der Waals surface area contributed by atoms with E-state index in [1.807, 2.05) is 11.8 Å². The van der Waals surface area contributed by atoms with Gasteiger partial charge in [-0.05, 0) is 18.1 Å². The normalized spacial score (nSPS) is 29.4. The van der Waals surface area contributed by atoms with Gasteiger partial charge in [0.2, 0.25) is 0 Å². The number of ether oxygens (including phenoxy) is 1. The van der Waals surface area contributed by atoms with Crippen LogP contribution in [0.2, 0.25) is 0 Å². The zero-order valence-electron chi connectivity index (χ0n) is 11.5. The van der Waals surface area contributed by atoms with Gasteiger partial charge < -0.3 is 9.84 Å². The van der Waals surface area contributed by atoms with Gasteiger partial charge in [0.15, 0.2) is 0 Å². The minimum absolute atomic E-state index is 0.234. The number of hydrogen-bond donors (Lipinski definition) is 1. The van der Waals surface area contributed by atoms with E-state index in [0.29, 0.717) is 18.2 Å². The van der Waals surface area contributed by atoms with E-state index < -0.39 is 6.10 Å². The maximum Gasteiger partial charge on any atom is 0.323 e. The van der Waals surface area contributed by atoms with Gasteiger partial charge in [-0.1, -0.05) is 18.2 Å². The van der Waals surface area contributed by atoms with Crippen molar-refractivity contribution in [3.63, 3.8) is 0 Å². The summed E-state index contributed by atoms with van der Waals surface area (Å²) in [7, 11) is 1.41. The number of thioether (sulfide) groups is 1. The molecule has 2 aliphatic rings. The summed E-state index contributed by atoms with van der Waals surface area (Å²) in [5.41, 5.74) is 1.39. The van der Waals surface area contributed by atoms with E-state index in [1.165, 1.54) is 17.6 Å². The Labute approximate surface area is 123 Å². The molecule has 1 aromatic carbocycles. The molecule has 2 aliphatic heterocycles. The van der Waals surface area contributed by atoms with E-state index >= 15 is 0 Å². The fourth-order valence-electron chi connectivity index (χ4n) is 3.08. The SMILES string of the molecule is COC(=O)C1CC(O)CN1CC1Cc2ccccc2S1. The molecule has 4 nitrogen and oxygen atoms in total. The molecule has 3 rings (SSSR count). The van der Waals surface area contributed by atoms with Crippen molar-refractivity contribution < 1.29 is 14.6 Å². The Bertz CT molecular complexity index is 483. The number of carbonyl (C=O) groups is 1. The van der Waals surface area contributed by atoms with Gasteiger partial charge in [-0.3, -0.25) is 9.69 Å². The van der Waals surface area contributed by atoms with Crippen molar-refractivity contribution >= 4 is 17.7 Å². The van der Waals surface area contributed by atoms with Gasteiger partial charge in [0.1, 0.15) is 6.04 Å². The molecule has 3 atom stereocenters. The number of methoxy groups -OCH3 is 1. The van der Waals surface area contributed by atoms with Crippen molar-refractivity contribution in [2.75, 3.05) is 20.2 Å². The Kier molecular flexibility index (Phi) is 4.01. The molecule has 3 unspecified atom stereocenters. The minimum atomic E-state index is -0.423. The third kappa shape index (κ3) is 2.71. The summed E-state index contributed by atoms with van der Waals surface area (Å²) < 4.78 is 4.84. The summed E-state index contributed by atoms with van der Waals surface area (Å²) >= 11 is 1.87. The van der Waals surface area contributed by atoms with E-state index in [1.54, 1.807) is 0 Å². The van der Waals surface area contributed by atoms with E-state index in [2.05, 4.69) is 29.2 Å². The summed E-state index contributed by atoms with van der Waals surface area (Å²) in [6, 6.07) is 8.15. The fraction of sp³-hybridized carbons (Fsp3) is 0.533. The molecule has 0 bridgehead atoms. The van der Waals surface area contributed by atoms with E-state index in [-0.39, 0.29) is 12.0 Å². The lowest BCUT2D eigenvalue weighted by molar-refractivity contribution is -0.145. The van der Waals surface area contributed by atoms with Crippen molar-refractivity contribution in [3.05, 3.63) is 29.8 Å². The Morgan fingerprint density at radius 1 is 1.50 bits per heavy atom. The van der Waals surface area contributed by atoms with Crippen LogP contribution in [0.5, 0.6) is 0 Å². The lowest BCUT2D eigenvalue weighted by atomic mass is 10.1. The number of hydrogen-bond acceptors (Lipinski definition) is 5. The van der Waals surface area contributed by atoms with Crippen LogP contribution in [0.4, 0.5) is 0 Å². The summed E-state index contributed by atoms with van der Waals surface area (Å²) in [4.78, 5) is 15.2. The van der Waals surface area contributed by atoms with Crippen LogP contribution in [-0.4, -0.2) is 53.6 Å². The second-order valence-corrected chi connectivity index (χ2v) is 6.78. The van der Waals surface area contributed by atoms with Gasteiger partial charge >= 0.3 is 5.97 Å². The Morgan fingerprint density at radius 2 is 2.30 bits per heavy atom. The number of aliphatic hydroxyl groups excluding tert-OH is 1. The maximum absolute atomic E-state index is 11.8. The summed E-state index contributed by atoms with van der Waals surface area (Å²) in [6.45, 7) is 1.38. The van der Waals surface area contributed by atoms with Gasteiger partial charge in [0.05, 0.1) is 13.2 Å². The highest BCUT2D eigenvalue weighted by molar-refractivity contribution is 8.00. The molecule has 0 aliphatic carbocycles. The lowest BCUT2D eigenvalue weighted by Crippen LogP contribution is -2.40. The van der Waals surface area contributed by atoms with Crippen molar-refractivity contribution in [3.8, 4) is 0 Å². The Morgan fingerprint density at radius 3 is 3.05 bits per heavy atom. The first-order valence-electron chi connectivity index (χ1n) is 6.92. The van der Waals surface area contributed by atoms with E-state index in [4.69, 9.17) is 4.74 Å². The zero-order chi connectivity index (χ0) is 14.1. The van der Waals surface area contributed by atoms with Crippen LogP contribution in [0.15, 0.2) is 29.2 Å². The fourth-order valence-corrected chi connectivity index (χ4v) is 4.43. The number of carbonyl (C=O) groups excluding carboxylic acids is 1. The smallest absolute Gasteiger partial charge is 0.323 e. The predicted molar refractivity (Wildman–Crippen MR) is 77.8 cm³/mol. The van der Waals surface area contributed by atoms with Crippen molar-refractivity contribution in [2.45, 2.75) is 35.1 Å². The quantitative estimate of drug-likeness (QED) is 0.852. The van der Waals surface area contributed by atoms with Gasteiger partial charge in [-0.2, -0.15) is 0 Å². The molecular weight excluding hydrogens is 274 g/mol. The van der Waals surface area contributed by atoms with Crippen LogP contribution < -0.4 is 0 Å². The molecule has 1 N–H and O–H groups in total. The maximum atomic E-state index is 11.8. The molecule has 0 amide bonds. The van der Waals surface area contributed by atoms with Crippen LogP contribution in [0.3, 0.4) is 0 Å². The Hall–Kier alpha value is -1.04. The number of likely N-dealkylation sites (tertiary alicyclic amines) is 1. The third-order valence-electron chi connectivity index (χ3n) is 4.01. The second-order valence-electron chi connectivity index (χ2n) is 5.43. The first-order valence-corrected chi connectivity index (χ1v) is 7.80. The van der Waals surface area contributed by atoms with Crippen LogP contribution in [0.1, 0.15) is 12.0 Å². The van der Waals surface area contributed by atoms with Crippen molar-refractivity contribution in [2.24, 2.45) is 0 Å². The van der Waals surface area contributed by atoms with Gasteiger partial charge in [0.25, 0.3) is 0 Å². The standard InChI is InChI=1S/C15H19NO3S/c1-19-15(18)13-7-11(17)8-16(13)9-12-6-10-4-2-3-5-14(10)20-12/h2-5,11-13,17H,6-9H2,1H3. The van der Waals surface area contributed by atoms with Gasteiger partial charge in [0, 0.05) is 29.7 Å². The van der Waals surface area contributed by atoms with Crippen LogP contribution in [0, 0.1) is 0 Å². The molecule has 1 saturated heterocycles. The monoisotopic (exact) mass is 293 g/mol. The highest BCUT2D eigenvalue weighted by atomic mass is 32.2. The minimum Gasteiger partial charge on any atom is -0.468 e. The van der Waals surface area contributed by atoms with Crippen molar-refractivity contribution in [1.29, 1.82) is 0 Å². The van der Waals surface area contributed by atoms with Gasteiger partial charge in [-0.15, -0.1) is 11.8 Å². The number of nitrogens with zero attached hydrogens (tertiary/aromatic N) is 1. The largest absolute Gasteiger partial charge is 0.468 e. The molecule has 0 saturated carbocycles. The van der Waals surface area contributed by atoms with Crippen LogP contribution in [0.25, 0.3) is 0 Å². The molecule has 20 heavy (non-hydrogen) atoms. The summed E-state index contributed by atoms with van der Waals surface area (Å²) in [5.74, 6) is -0.234. The molecule has 0 spiro atoms. The van der Waals surface area contributed by atoms with E-state index in [9.17, 15) is 9.90 Å². The molecule has 108 valence electrons. The third-order valence-corrected chi connectivity index (χ3v) is 5.31. The first-order chi connectivity index (χ1) is 9.67. The highest BCUT2D eigenvalue weighted by Crippen LogP contribution is 2.37. The molecule has 5 heteroatoms. The number of β-amino-alcohol motifs (C(OH)–C–C–N with tert-alkyl or cyclic N) is 1. The average molecular weight is 293 g/mol. The molecule has 0 aromatic heterocycles. The number of rotatable bonds is 3. The molecule has 0 radical (unpaired) electrons. The van der Waals surface area contributed by atoms with E-state index in [0.717, 1.165) is 13.0 Å². The topological polar surface area (TPSA) is 49.8 Å². The highest BCUT2D eigenvalue weighted by Gasteiger charge is 2.38. The molecule has 2 heterocycles.